The van der Waals surface area contributed by atoms with Crippen LogP contribution in [0.25, 0.3) is 0 Å². The van der Waals surface area contributed by atoms with Crippen molar-refractivity contribution in [3.63, 3.8) is 0 Å². The van der Waals surface area contributed by atoms with Crippen molar-refractivity contribution in [2.45, 2.75) is 24.9 Å². The highest BCUT2D eigenvalue weighted by atomic mass is 32.1. The van der Waals surface area contributed by atoms with Crippen molar-refractivity contribution >= 4 is 30.5 Å². The monoisotopic (exact) mass is 249 g/mol. The lowest BCUT2D eigenvalue weighted by molar-refractivity contribution is -0.219. The predicted molar refractivity (Wildman–Crippen MR) is 57.6 cm³/mol. The second-order valence-electron chi connectivity index (χ2n) is 3.04. The topological polar surface area (TPSA) is 136 Å². The molecule has 0 saturated heterocycles. The zero-order valence-electron chi connectivity index (χ0n) is 8.37. The van der Waals surface area contributed by atoms with E-state index < -0.39 is 29.9 Å². The van der Waals surface area contributed by atoms with Gasteiger partial charge in [-0.25, -0.2) is 4.79 Å². The maximum absolute atomic E-state index is 11.1. The van der Waals surface area contributed by atoms with Gasteiger partial charge in [0, 0.05) is 5.75 Å². The van der Waals surface area contributed by atoms with Crippen LogP contribution in [0.5, 0.6) is 0 Å². The van der Waals surface area contributed by atoms with E-state index in [2.05, 4.69) is 17.6 Å². The minimum absolute atomic E-state index is 0.0728. The smallest absolute Gasteiger partial charge is 0.329 e. The number of hydrogen-bond donors (Lipinski definition) is 4. The predicted octanol–water partition coefficient (Wildman–Crippen LogP) is -1.68. The van der Waals surface area contributed by atoms with Crippen molar-refractivity contribution in [2.24, 2.45) is 10.7 Å². The first-order valence-electron chi connectivity index (χ1n) is 4.44. The fourth-order valence-electron chi connectivity index (χ4n) is 0.815. The molecule has 0 radical (unpaired) electrons. The number of carbonyl (C=O) groups is 2. The van der Waals surface area contributed by atoms with Gasteiger partial charge in [-0.3, -0.25) is 9.79 Å². The maximum atomic E-state index is 11.1. The van der Waals surface area contributed by atoms with Gasteiger partial charge in [0.1, 0.15) is 6.04 Å². The van der Waals surface area contributed by atoms with E-state index in [0.717, 1.165) is 0 Å². The molecule has 0 spiro atoms. The Labute approximate surface area is 97.4 Å². The summed E-state index contributed by atoms with van der Waals surface area (Å²) in [6, 6.07) is -2.34. The number of carboxylic acid groups (broad SMARTS) is 2. The second kappa shape index (κ2) is 7.07. The van der Waals surface area contributed by atoms with Crippen molar-refractivity contribution in [3.8, 4) is 0 Å². The van der Waals surface area contributed by atoms with Gasteiger partial charge in [-0.15, -0.1) is 0 Å². The van der Waals surface area contributed by atoms with E-state index in [1.807, 2.05) is 0 Å². The lowest BCUT2D eigenvalue weighted by Gasteiger charge is -2.14. The Morgan fingerprint density at radius 2 is 1.94 bits per heavy atom. The van der Waals surface area contributed by atoms with E-state index in [-0.39, 0.29) is 18.6 Å². The highest BCUT2D eigenvalue weighted by molar-refractivity contribution is 7.80. The highest BCUT2D eigenvalue weighted by Gasteiger charge is 2.14. The van der Waals surface area contributed by atoms with Gasteiger partial charge in [0.25, 0.3) is 0 Å². The minimum Gasteiger partial charge on any atom is -0.862 e. The van der Waals surface area contributed by atoms with Crippen molar-refractivity contribution in [1.29, 1.82) is 0 Å². The lowest BCUT2D eigenvalue weighted by atomic mass is 10.1. The third kappa shape index (κ3) is 5.56. The maximum Gasteiger partial charge on any atom is 0.329 e. The van der Waals surface area contributed by atoms with E-state index in [0.29, 0.717) is 0 Å². The van der Waals surface area contributed by atoms with E-state index >= 15 is 0 Å². The van der Waals surface area contributed by atoms with Gasteiger partial charge in [-0.05, 0) is 18.7 Å². The van der Waals surface area contributed by atoms with Gasteiger partial charge in [0.05, 0.1) is 0 Å². The van der Waals surface area contributed by atoms with Gasteiger partial charge < -0.3 is 21.1 Å². The number of nitrogens with zero attached hydrogens (tertiary/aromatic N) is 1. The summed E-state index contributed by atoms with van der Waals surface area (Å²) in [6.45, 7) is 0. The molecule has 8 heteroatoms. The summed E-state index contributed by atoms with van der Waals surface area (Å²) >= 11 is 3.73. The number of carboxylic acids is 2. The first-order valence-corrected chi connectivity index (χ1v) is 5.07. The van der Waals surface area contributed by atoms with E-state index in [1.54, 1.807) is 0 Å². The molecule has 2 atom stereocenters. The second-order valence-corrected chi connectivity index (χ2v) is 3.41. The van der Waals surface area contributed by atoms with Gasteiger partial charge >= 0.3 is 11.9 Å². The largest absolute Gasteiger partial charge is 0.862 e. The number of hydrogen-bond acceptors (Lipinski definition) is 6. The normalized spacial score (nSPS) is 15.5. The van der Waals surface area contributed by atoms with Crippen LogP contribution in [0.4, 0.5) is 0 Å². The average Bonchev–Trinajstić information content (AvgIpc) is 2.21. The van der Waals surface area contributed by atoms with E-state index in [1.165, 1.54) is 0 Å². The molecule has 0 aromatic heterocycles. The van der Waals surface area contributed by atoms with Crippen molar-refractivity contribution in [3.05, 3.63) is 0 Å². The minimum atomic E-state index is -1.24. The molecule has 16 heavy (non-hydrogen) atoms. The molecule has 0 bridgehead atoms. The summed E-state index contributed by atoms with van der Waals surface area (Å²) in [5.74, 6) is -3.23. The molecule has 0 aromatic carbocycles. The summed E-state index contributed by atoms with van der Waals surface area (Å²) in [4.78, 5) is 24.2. The number of thiol groups is 1. The van der Waals surface area contributed by atoms with Crippen molar-refractivity contribution in [2.75, 3.05) is 5.75 Å². The standard InChI is InChI=1S/C8H14N2O5S/c9-4(7(12)13)1-2-6(11)10-5(3-16)8(14)15/h4-5,16H,1-3,9H2,(H,10,11)(H,12,13)(H,14,15)/p-1. The van der Waals surface area contributed by atoms with Crippen LogP contribution in [-0.4, -0.2) is 45.9 Å². The fourth-order valence-corrected chi connectivity index (χ4v) is 1.05. The molecule has 0 aliphatic heterocycles. The molecular weight excluding hydrogens is 236 g/mol. The Bertz CT molecular complexity index is 294. The van der Waals surface area contributed by atoms with Gasteiger partial charge in [0.2, 0.25) is 0 Å². The highest BCUT2D eigenvalue weighted by Crippen LogP contribution is 1.99. The molecular formula is C8H13N2O5S-. The molecule has 92 valence electrons. The Morgan fingerprint density at radius 3 is 2.31 bits per heavy atom. The number of aliphatic carboxylic acids is 2. The van der Waals surface area contributed by atoms with Crippen LogP contribution < -0.4 is 10.8 Å². The first kappa shape index (κ1) is 14.7. The SMILES string of the molecule is NC(CCC([O-])=NC(CS)C(=O)O)C(=O)O. The molecule has 0 aliphatic carbocycles. The molecule has 0 heterocycles. The van der Waals surface area contributed by atoms with Crippen LogP contribution in [-0.2, 0) is 9.59 Å². The zero-order chi connectivity index (χ0) is 12.7. The first-order chi connectivity index (χ1) is 7.38. The number of aliphatic imine (C=N–C) groups is 1. The molecule has 0 rings (SSSR count). The van der Waals surface area contributed by atoms with Crippen molar-refractivity contribution in [1.82, 2.24) is 0 Å². The zero-order valence-corrected chi connectivity index (χ0v) is 9.26. The molecule has 0 amide bonds. The van der Waals surface area contributed by atoms with Gasteiger partial charge in [-0.2, -0.15) is 12.6 Å². The number of nitrogens with two attached hydrogens (primary N) is 1. The van der Waals surface area contributed by atoms with Gasteiger partial charge in [-0.1, -0.05) is 0 Å². The molecule has 7 nitrogen and oxygen atoms in total. The quantitative estimate of drug-likeness (QED) is 0.242. The third-order valence-electron chi connectivity index (χ3n) is 1.74. The third-order valence-corrected chi connectivity index (χ3v) is 2.09. The molecule has 0 fully saturated rings. The molecule has 4 N–H and O–H groups in total. The van der Waals surface area contributed by atoms with Crippen LogP contribution in [0.15, 0.2) is 4.99 Å². The average molecular weight is 249 g/mol. The molecule has 0 aliphatic rings. The molecule has 0 aromatic rings. The van der Waals surface area contributed by atoms with Gasteiger partial charge in [0.15, 0.2) is 6.04 Å². The van der Waals surface area contributed by atoms with Crippen LogP contribution in [0.1, 0.15) is 12.8 Å². The van der Waals surface area contributed by atoms with E-state index in [4.69, 9.17) is 15.9 Å². The summed E-state index contributed by atoms with van der Waals surface area (Å²) < 4.78 is 0. The molecule has 2 unspecified atom stereocenters. The van der Waals surface area contributed by atoms with Crippen LogP contribution in [0, 0.1) is 0 Å². The van der Waals surface area contributed by atoms with Crippen LogP contribution in [0.3, 0.4) is 0 Å². The van der Waals surface area contributed by atoms with E-state index in [9.17, 15) is 14.7 Å². The Morgan fingerprint density at radius 1 is 1.38 bits per heavy atom. The van der Waals surface area contributed by atoms with Crippen LogP contribution in [0.2, 0.25) is 0 Å². The summed E-state index contributed by atoms with van der Waals surface area (Å²) in [7, 11) is 0. The Hall–Kier alpha value is -1.28. The molecule has 0 saturated carbocycles. The number of rotatable bonds is 7. The summed E-state index contributed by atoms with van der Waals surface area (Å²) in [5, 5.41) is 28.1. The summed E-state index contributed by atoms with van der Waals surface area (Å²) in [5.41, 5.74) is 5.16. The summed E-state index contributed by atoms with van der Waals surface area (Å²) in [6.07, 6.45) is -0.262. The van der Waals surface area contributed by atoms with Crippen LogP contribution >= 0.6 is 12.6 Å². The Balaban J connectivity index is 4.23. The fraction of sp³-hybridized carbons (Fsp3) is 0.625. The Kier molecular flexibility index (Phi) is 6.50. The lowest BCUT2D eigenvalue weighted by Crippen LogP contribution is -2.33. The van der Waals surface area contributed by atoms with Crippen molar-refractivity contribution < 1.29 is 24.9 Å².